The third-order valence-corrected chi connectivity index (χ3v) is 6.99. The van der Waals surface area contributed by atoms with Gasteiger partial charge >= 0.3 is 0 Å². The molecule has 2 aromatic carbocycles. The predicted octanol–water partition coefficient (Wildman–Crippen LogP) is 5.03. The number of rotatable bonds is 3. The van der Waals surface area contributed by atoms with Gasteiger partial charge in [0.05, 0.1) is 12.2 Å². The lowest BCUT2D eigenvalue weighted by Gasteiger charge is -2.31. The minimum atomic E-state index is -0.577. The summed E-state index contributed by atoms with van der Waals surface area (Å²) in [6.07, 6.45) is -0.946. The number of ether oxygens (including phenoxy) is 2. The molecule has 0 aromatic heterocycles. The zero-order valence-electron chi connectivity index (χ0n) is 13.0. The van der Waals surface area contributed by atoms with Gasteiger partial charge in [-0.2, -0.15) is 0 Å². The quantitative estimate of drug-likeness (QED) is 0.656. The van der Waals surface area contributed by atoms with Gasteiger partial charge in [-0.25, -0.2) is 0 Å². The molecule has 0 unspecified atom stereocenters. The Hall–Kier alpha value is -1.01. The van der Waals surface area contributed by atoms with Crippen molar-refractivity contribution in [3.05, 3.63) is 57.0 Å². The summed E-state index contributed by atoms with van der Waals surface area (Å²) in [6, 6.07) is 14.5. The molecule has 1 saturated heterocycles. The molecule has 2 bridgehead atoms. The Balaban J connectivity index is 1.58. The van der Waals surface area contributed by atoms with Gasteiger partial charge in [0.15, 0.2) is 5.78 Å². The van der Waals surface area contributed by atoms with Gasteiger partial charge in [-0.05, 0) is 29.3 Å². The van der Waals surface area contributed by atoms with E-state index in [0.29, 0.717) is 6.42 Å². The number of hydrogen-bond donors (Lipinski definition) is 0. The molecule has 2 heterocycles. The van der Waals surface area contributed by atoms with E-state index in [2.05, 4.69) is 62.2 Å². The van der Waals surface area contributed by atoms with Crippen LogP contribution >= 0.6 is 31.9 Å². The normalized spacial score (nSPS) is 27.8. The van der Waals surface area contributed by atoms with Crippen molar-refractivity contribution in [3.8, 4) is 0 Å². The highest BCUT2D eigenvalue weighted by Gasteiger charge is 2.47. The molecular formula is C19H16Br2O3. The lowest BCUT2D eigenvalue weighted by Crippen LogP contribution is -2.43. The second-order valence-electron chi connectivity index (χ2n) is 6.22. The first-order valence-corrected chi connectivity index (χ1v) is 9.50. The number of halogens is 2. The smallest absolute Gasteiger partial charge is 0.167 e. The molecule has 1 fully saturated rings. The Morgan fingerprint density at radius 1 is 1.12 bits per heavy atom. The predicted molar refractivity (Wildman–Crippen MR) is 100 cm³/mol. The fourth-order valence-corrected chi connectivity index (χ4v) is 4.40. The van der Waals surface area contributed by atoms with Crippen molar-refractivity contribution in [2.45, 2.75) is 37.8 Å². The second kappa shape index (κ2) is 6.37. The Kier molecular flexibility index (Phi) is 4.37. The standard InChI is InChI=1S/C19H16Br2O3/c1-10(12-7-6-11-4-2-3-5-13(11)8-12)23-18-14(22)9-15-16(20)17(21)19(18)24-15/h2-8,10,15,18-19H,9H2,1H3/t10-,15-,18-,19-/m1/s1. The van der Waals surface area contributed by atoms with Crippen LogP contribution in [0.15, 0.2) is 51.4 Å². The molecule has 2 aliphatic heterocycles. The molecule has 0 amide bonds. The van der Waals surface area contributed by atoms with Crippen LogP contribution in [0.3, 0.4) is 0 Å². The highest BCUT2D eigenvalue weighted by molar-refractivity contribution is 9.14. The van der Waals surface area contributed by atoms with Crippen molar-refractivity contribution < 1.29 is 14.3 Å². The van der Waals surface area contributed by atoms with Crippen LogP contribution in [-0.2, 0) is 14.3 Å². The first-order valence-electron chi connectivity index (χ1n) is 7.92. The molecular weight excluding hydrogens is 436 g/mol. The van der Waals surface area contributed by atoms with Gasteiger partial charge in [0.25, 0.3) is 0 Å². The Morgan fingerprint density at radius 3 is 2.67 bits per heavy atom. The number of fused-ring (bicyclic) bond motifs is 3. The number of carbonyl (C=O) groups excluding carboxylic acids is 1. The van der Waals surface area contributed by atoms with Gasteiger partial charge in [-0.1, -0.05) is 68.3 Å². The number of carbonyl (C=O) groups is 1. The number of Topliss-reactive ketones (excluding diaryl/α,β-unsaturated/α-hetero) is 1. The van der Waals surface area contributed by atoms with Crippen molar-refractivity contribution in [1.29, 1.82) is 0 Å². The first kappa shape index (κ1) is 16.5. The summed E-state index contributed by atoms with van der Waals surface area (Å²) in [5.74, 6) is 0.0929. The van der Waals surface area contributed by atoms with Crippen LogP contribution in [-0.4, -0.2) is 24.1 Å². The average molecular weight is 452 g/mol. The van der Waals surface area contributed by atoms with E-state index < -0.39 is 6.10 Å². The van der Waals surface area contributed by atoms with E-state index in [4.69, 9.17) is 9.47 Å². The van der Waals surface area contributed by atoms with E-state index in [1.54, 1.807) is 0 Å². The van der Waals surface area contributed by atoms with Crippen molar-refractivity contribution in [2.24, 2.45) is 0 Å². The van der Waals surface area contributed by atoms with E-state index >= 15 is 0 Å². The van der Waals surface area contributed by atoms with Crippen molar-refractivity contribution in [2.75, 3.05) is 0 Å². The Bertz CT molecular complexity index is 845. The van der Waals surface area contributed by atoms with Gasteiger partial charge in [0.2, 0.25) is 0 Å². The SMILES string of the molecule is C[C@@H](O[C@@H]1C(=O)C[C@H]2O[C@@H]1C(Br)=C2Br)c1ccc2ccccc2c1. The molecule has 5 heteroatoms. The highest BCUT2D eigenvalue weighted by atomic mass is 79.9. The summed E-state index contributed by atoms with van der Waals surface area (Å²) >= 11 is 7.04. The van der Waals surface area contributed by atoms with E-state index in [1.807, 2.05) is 19.1 Å². The van der Waals surface area contributed by atoms with Crippen molar-refractivity contribution in [3.63, 3.8) is 0 Å². The molecule has 24 heavy (non-hydrogen) atoms. The third kappa shape index (κ3) is 2.77. The fourth-order valence-electron chi connectivity index (χ4n) is 3.30. The molecule has 3 nitrogen and oxygen atoms in total. The topological polar surface area (TPSA) is 35.5 Å². The monoisotopic (exact) mass is 450 g/mol. The minimum absolute atomic E-state index is 0.0929. The van der Waals surface area contributed by atoms with Crippen molar-refractivity contribution >= 4 is 48.4 Å². The van der Waals surface area contributed by atoms with E-state index in [9.17, 15) is 4.79 Å². The fraction of sp³-hybridized carbons (Fsp3) is 0.316. The van der Waals surface area contributed by atoms with Crippen LogP contribution in [0, 0.1) is 0 Å². The summed E-state index contributed by atoms with van der Waals surface area (Å²) in [7, 11) is 0. The lowest BCUT2D eigenvalue weighted by molar-refractivity contribution is -0.158. The summed E-state index contributed by atoms with van der Waals surface area (Å²) in [6.45, 7) is 1.98. The molecule has 2 aromatic rings. The zero-order valence-corrected chi connectivity index (χ0v) is 16.2. The molecule has 0 aliphatic carbocycles. The van der Waals surface area contributed by atoms with Crippen LogP contribution in [0.2, 0.25) is 0 Å². The maximum Gasteiger partial charge on any atom is 0.167 e. The molecule has 0 saturated carbocycles. The molecule has 0 radical (unpaired) electrons. The van der Waals surface area contributed by atoms with Gasteiger partial charge in [0, 0.05) is 15.4 Å². The molecule has 4 rings (SSSR count). The molecule has 4 atom stereocenters. The number of benzene rings is 2. The number of hydrogen-bond acceptors (Lipinski definition) is 3. The van der Waals surface area contributed by atoms with Crippen LogP contribution in [0.4, 0.5) is 0 Å². The average Bonchev–Trinajstić information content (AvgIpc) is 2.83. The van der Waals surface area contributed by atoms with Crippen LogP contribution in [0.5, 0.6) is 0 Å². The van der Waals surface area contributed by atoms with Crippen molar-refractivity contribution in [1.82, 2.24) is 0 Å². The van der Waals surface area contributed by atoms with Gasteiger partial charge < -0.3 is 9.47 Å². The van der Waals surface area contributed by atoms with E-state index in [0.717, 1.165) is 14.5 Å². The Morgan fingerprint density at radius 2 is 1.88 bits per heavy atom. The molecule has 2 aliphatic rings. The largest absolute Gasteiger partial charge is 0.361 e. The van der Waals surface area contributed by atoms with Crippen LogP contribution in [0.25, 0.3) is 10.8 Å². The number of ketones is 1. The zero-order chi connectivity index (χ0) is 16.8. The third-order valence-electron chi connectivity index (χ3n) is 4.64. The van der Waals surface area contributed by atoms with Gasteiger partial charge in [-0.15, -0.1) is 0 Å². The highest BCUT2D eigenvalue weighted by Crippen LogP contribution is 2.43. The van der Waals surface area contributed by atoms with Gasteiger partial charge in [-0.3, -0.25) is 4.79 Å². The summed E-state index contributed by atoms with van der Waals surface area (Å²) in [5.41, 5.74) is 1.06. The van der Waals surface area contributed by atoms with Crippen LogP contribution in [0.1, 0.15) is 25.0 Å². The van der Waals surface area contributed by atoms with E-state index in [1.165, 1.54) is 10.8 Å². The van der Waals surface area contributed by atoms with Gasteiger partial charge in [0.1, 0.15) is 12.2 Å². The summed E-state index contributed by atoms with van der Waals surface area (Å²) < 4.78 is 13.8. The Labute approximate surface area is 157 Å². The minimum Gasteiger partial charge on any atom is -0.361 e. The molecule has 0 N–H and O–H groups in total. The summed E-state index contributed by atoms with van der Waals surface area (Å²) in [5, 5.41) is 2.36. The van der Waals surface area contributed by atoms with E-state index in [-0.39, 0.29) is 24.1 Å². The second-order valence-corrected chi connectivity index (χ2v) is 7.93. The lowest BCUT2D eigenvalue weighted by atomic mass is 10.0. The first-order chi connectivity index (χ1) is 11.5. The molecule has 124 valence electrons. The summed E-state index contributed by atoms with van der Waals surface area (Å²) in [4.78, 5) is 12.5. The maximum atomic E-state index is 12.5. The van der Waals surface area contributed by atoms with Crippen LogP contribution < -0.4 is 0 Å². The molecule has 0 spiro atoms. The maximum absolute atomic E-state index is 12.5.